The average molecular weight is 377 g/mol. The van der Waals surface area contributed by atoms with E-state index in [1.165, 1.54) is 13.3 Å². The average Bonchev–Trinajstić information content (AvgIpc) is 2.66. The molecule has 0 radical (unpaired) electrons. The lowest BCUT2D eigenvalue weighted by Crippen LogP contribution is -2.44. The minimum atomic E-state index is -0.0858. The number of hydrogen-bond acceptors (Lipinski definition) is 3. The topological polar surface area (TPSA) is 62.3 Å². The van der Waals surface area contributed by atoms with Crippen LogP contribution in [0.4, 0.5) is 5.69 Å². The van der Waals surface area contributed by atoms with Crippen LogP contribution >= 0.6 is 0 Å². The molecule has 1 aromatic carbocycles. The number of rotatable bonds is 4. The second-order valence-corrected chi connectivity index (χ2v) is 7.96. The van der Waals surface area contributed by atoms with E-state index in [1.807, 2.05) is 36.4 Å². The third kappa shape index (κ3) is 4.08. The molecule has 5 heteroatoms. The number of piperidine rings is 1. The number of likely N-dealkylation sites (tertiary alicyclic amines) is 1. The first-order valence-electron chi connectivity index (χ1n) is 10.2. The SMILES string of the molecule is CC(=O)Nc1cccc(-c2cccc([C@H]3CCCN(C(=O)C4CCC4)C3)n2)c1. The van der Waals surface area contributed by atoms with E-state index in [0.29, 0.717) is 5.91 Å². The van der Waals surface area contributed by atoms with Crippen molar-refractivity contribution in [3.8, 4) is 11.3 Å². The highest BCUT2D eigenvalue weighted by Gasteiger charge is 2.32. The number of carbonyl (C=O) groups excluding carboxylic acids is 2. The maximum Gasteiger partial charge on any atom is 0.225 e. The lowest BCUT2D eigenvalue weighted by Gasteiger charge is -2.37. The van der Waals surface area contributed by atoms with Crippen LogP contribution in [0.5, 0.6) is 0 Å². The van der Waals surface area contributed by atoms with Crippen molar-refractivity contribution in [2.45, 2.75) is 44.9 Å². The second kappa shape index (κ2) is 8.13. The molecule has 2 amide bonds. The first-order chi connectivity index (χ1) is 13.6. The number of anilines is 1. The predicted octanol–water partition coefficient (Wildman–Crippen LogP) is 4.21. The van der Waals surface area contributed by atoms with Gasteiger partial charge in [0.05, 0.1) is 5.69 Å². The largest absolute Gasteiger partial charge is 0.342 e. The summed E-state index contributed by atoms with van der Waals surface area (Å²) in [7, 11) is 0. The maximum atomic E-state index is 12.6. The number of nitrogens with zero attached hydrogens (tertiary/aromatic N) is 2. The summed E-state index contributed by atoms with van der Waals surface area (Å²) >= 11 is 0. The molecule has 28 heavy (non-hydrogen) atoms. The van der Waals surface area contributed by atoms with Crippen molar-refractivity contribution < 1.29 is 9.59 Å². The normalized spacial score (nSPS) is 19.8. The molecular weight excluding hydrogens is 350 g/mol. The summed E-state index contributed by atoms with van der Waals surface area (Å²) in [6.45, 7) is 3.16. The molecule has 1 N–H and O–H groups in total. The Labute approximate surface area is 166 Å². The van der Waals surface area contributed by atoms with Gasteiger partial charge in [0.15, 0.2) is 0 Å². The highest BCUT2D eigenvalue weighted by atomic mass is 16.2. The number of hydrogen-bond donors (Lipinski definition) is 1. The van der Waals surface area contributed by atoms with E-state index in [2.05, 4.69) is 16.3 Å². The van der Waals surface area contributed by atoms with E-state index in [9.17, 15) is 9.59 Å². The number of aromatic nitrogens is 1. The molecule has 0 spiro atoms. The minimum Gasteiger partial charge on any atom is -0.342 e. The number of carbonyl (C=O) groups is 2. The van der Waals surface area contributed by atoms with Gasteiger partial charge in [-0.3, -0.25) is 14.6 Å². The molecule has 1 atom stereocenters. The zero-order valence-corrected chi connectivity index (χ0v) is 16.4. The number of nitrogens with one attached hydrogen (secondary N) is 1. The summed E-state index contributed by atoms with van der Waals surface area (Å²) in [6, 6.07) is 13.9. The van der Waals surface area contributed by atoms with Gasteiger partial charge < -0.3 is 10.2 Å². The third-order valence-electron chi connectivity index (χ3n) is 5.86. The molecule has 1 saturated heterocycles. The third-order valence-corrected chi connectivity index (χ3v) is 5.86. The number of benzene rings is 1. The molecule has 146 valence electrons. The summed E-state index contributed by atoms with van der Waals surface area (Å²) in [5.74, 6) is 0.804. The van der Waals surface area contributed by atoms with Gasteiger partial charge >= 0.3 is 0 Å². The van der Waals surface area contributed by atoms with Gasteiger partial charge in [-0.25, -0.2) is 0 Å². The van der Waals surface area contributed by atoms with Crippen molar-refractivity contribution in [3.63, 3.8) is 0 Å². The van der Waals surface area contributed by atoms with Gasteiger partial charge in [-0.2, -0.15) is 0 Å². The molecule has 2 fully saturated rings. The fourth-order valence-electron chi connectivity index (χ4n) is 4.13. The fraction of sp³-hybridized carbons (Fsp3) is 0.435. The Bertz CT molecular complexity index is 876. The van der Waals surface area contributed by atoms with Crippen LogP contribution in [0.1, 0.15) is 50.6 Å². The molecule has 1 aliphatic heterocycles. The molecule has 5 nitrogen and oxygen atoms in total. The maximum absolute atomic E-state index is 12.6. The van der Waals surface area contributed by atoms with Crippen LogP contribution in [-0.4, -0.2) is 34.8 Å². The summed E-state index contributed by atoms with van der Waals surface area (Å²) in [5, 5.41) is 2.82. The van der Waals surface area contributed by atoms with E-state index in [-0.39, 0.29) is 17.7 Å². The van der Waals surface area contributed by atoms with E-state index >= 15 is 0 Å². The molecule has 4 rings (SSSR count). The van der Waals surface area contributed by atoms with Gasteiger partial charge in [-0.1, -0.05) is 24.6 Å². The summed E-state index contributed by atoms with van der Waals surface area (Å²) in [6.07, 6.45) is 5.40. The van der Waals surface area contributed by atoms with Gasteiger partial charge in [-0.05, 0) is 49.9 Å². The van der Waals surface area contributed by atoms with Crippen molar-refractivity contribution in [3.05, 3.63) is 48.2 Å². The zero-order chi connectivity index (χ0) is 19.5. The lowest BCUT2D eigenvalue weighted by atomic mass is 9.83. The smallest absolute Gasteiger partial charge is 0.225 e. The molecule has 0 unspecified atom stereocenters. The molecular formula is C23H27N3O2. The highest BCUT2D eigenvalue weighted by Crippen LogP contribution is 2.33. The Kier molecular flexibility index (Phi) is 5.42. The predicted molar refractivity (Wildman–Crippen MR) is 110 cm³/mol. The van der Waals surface area contributed by atoms with Gasteiger partial charge in [-0.15, -0.1) is 0 Å². The first-order valence-corrected chi connectivity index (χ1v) is 10.2. The molecule has 2 heterocycles. The summed E-state index contributed by atoms with van der Waals surface area (Å²) in [5.41, 5.74) is 3.69. The number of pyridine rings is 1. The quantitative estimate of drug-likeness (QED) is 0.868. The molecule has 2 aliphatic rings. The Morgan fingerprint density at radius 1 is 1.07 bits per heavy atom. The lowest BCUT2D eigenvalue weighted by molar-refractivity contribution is -0.139. The molecule has 1 aliphatic carbocycles. The zero-order valence-electron chi connectivity index (χ0n) is 16.4. The Morgan fingerprint density at radius 3 is 2.64 bits per heavy atom. The van der Waals surface area contributed by atoms with Crippen molar-refractivity contribution in [2.75, 3.05) is 18.4 Å². The van der Waals surface area contributed by atoms with Crippen LogP contribution in [0.2, 0.25) is 0 Å². The van der Waals surface area contributed by atoms with E-state index in [4.69, 9.17) is 4.98 Å². The first kappa shape index (κ1) is 18.7. The van der Waals surface area contributed by atoms with Crippen LogP contribution < -0.4 is 5.32 Å². The second-order valence-electron chi connectivity index (χ2n) is 7.96. The fourth-order valence-corrected chi connectivity index (χ4v) is 4.13. The van der Waals surface area contributed by atoms with Crippen molar-refractivity contribution in [1.29, 1.82) is 0 Å². The Hall–Kier alpha value is -2.69. The Morgan fingerprint density at radius 2 is 1.89 bits per heavy atom. The van der Waals surface area contributed by atoms with E-state index in [1.54, 1.807) is 0 Å². The molecule has 1 aromatic heterocycles. The molecule has 1 saturated carbocycles. The van der Waals surface area contributed by atoms with Crippen molar-refractivity contribution in [1.82, 2.24) is 9.88 Å². The van der Waals surface area contributed by atoms with E-state index < -0.39 is 0 Å². The Balaban J connectivity index is 1.52. The van der Waals surface area contributed by atoms with Crippen molar-refractivity contribution >= 4 is 17.5 Å². The minimum absolute atomic E-state index is 0.0858. The molecule has 2 aromatic rings. The van der Waals surface area contributed by atoms with Crippen LogP contribution in [0.3, 0.4) is 0 Å². The van der Waals surface area contributed by atoms with Crippen LogP contribution in [-0.2, 0) is 9.59 Å². The highest BCUT2D eigenvalue weighted by molar-refractivity contribution is 5.89. The summed E-state index contributed by atoms with van der Waals surface area (Å²) < 4.78 is 0. The van der Waals surface area contributed by atoms with Crippen molar-refractivity contribution in [2.24, 2.45) is 5.92 Å². The van der Waals surface area contributed by atoms with Gasteiger partial charge in [0.25, 0.3) is 0 Å². The standard InChI is InChI=1S/C23H27N3O2/c1-16(27)24-20-10-3-8-18(14-20)21-11-4-12-22(25-21)19-9-5-13-26(15-19)23(28)17-6-2-7-17/h3-4,8,10-12,14,17,19H,2,5-7,9,13,15H2,1H3,(H,24,27)/t19-/m0/s1. The monoisotopic (exact) mass is 377 g/mol. The van der Waals surface area contributed by atoms with Crippen LogP contribution in [0, 0.1) is 5.92 Å². The van der Waals surface area contributed by atoms with E-state index in [0.717, 1.165) is 61.4 Å². The van der Waals surface area contributed by atoms with Crippen LogP contribution in [0.15, 0.2) is 42.5 Å². The van der Waals surface area contributed by atoms with Gasteiger partial charge in [0, 0.05) is 48.8 Å². The van der Waals surface area contributed by atoms with Gasteiger partial charge in [0.1, 0.15) is 0 Å². The van der Waals surface area contributed by atoms with Crippen LogP contribution in [0.25, 0.3) is 11.3 Å². The number of amides is 2. The molecule has 0 bridgehead atoms. The van der Waals surface area contributed by atoms with Gasteiger partial charge in [0.2, 0.25) is 11.8 Å². The summed E-state index contributed by atoms with van der Waals surface area (Å²) in [4.78, 5) is 30.9.